The fourth-order valence-electron chi connectivity index (χ4n) is 3.44. The van der Waals surface area contributed by atoms with Gasteiger partial charge < -0.3 is 4.90 Å². The number of nitrogens with zero attached hydrogens (tertiary/aromatic N) is 2. The fourth-order valence-corrected chi connectivity index (χ4v) is 4.56. The second-order valence-corrected chi connectivity index (χ2v) is 7.77. The molecule has 2 aromatic heterocycles. The SMILES string of the molecule is Cc1ccc(-c2nc(=S)n(C[NH+]3CCC[C@H]3c3cccs3)[nH]2)cc1. The van der Waals surface area contributed by atoms with Crippen LogP contribution in [-0.2, 0) is 6.67 Å². The van der Waals surface area contributed by atoms with Crippen molar-refractivity contribution in [3.63, 3.8) is 0 Å². The van der Waals surface area contributed by atoms with Gasteiger partial charge in [-0.05, 0) is 30.6 Å². The first-order valence-corrected chi connectivity index (χ1v) is 9.61. The zero-order valence-electron chi connectivity index (χ0n) is 13.7. The highest BCUT2D eigenvalue weighted by Gasteiger charge is 2.31. The molecule has 0 amide bonds. The van der Waals surface area contributed by atoms with Crippen LogP contribution < -0.4 is 4.90 Å². The molecule has 1 aliphatic heterocycles. The van der Waals surface area contributed by atoms with Crippen LogP contribution in [0, 0.1) is 11.7 Å². The zero-order valence-corrected chi connectivity index (χ0v) is 15.3. The van der Waals surface area contributed by atoms with Crippen molar-refractivity contribution < 1.29 is 4.90 Å². The van der Waals surface area contributed by atoms with E-state index in [-0.39, 0.29) is 0 Å². The first kappa shape index (κ1) is 15.7. The smallest absolute Gasteiger partial charge is 0.221 e. The van der Waals surface area contributed by atoms with Crippen LogP contribution in [0.3, 0.4) is 0 Å². The Hall–Kier alpha value is -1.76. The Balaban J connectivity index is 1.57. The first-order chi connectivity index (χ1) is 11.7. The fraction of sp³-hybridized carbons (Fsp3) is 0.333. The van der Waals surface area contributed by atoms with Crippen molar-refractivity contribution >= 4 is 23.6 Å². The van der Waals surface area contributed by atoms with Gasteiger partial charge in [0.25, 0.3) is 0 Å². The van der Waals surface area contributed by atoms with Gasteiger partial charge in [-0.15, -0.1) is 11.3 Å². The van der Waals surface area contributed by atoms with Gasteiger partial charge in [0, 0.05) is 18.4 Å². The number of hydrogen-bond donors (Lipinski definition) is 2. The van der Waals surface area contributed by atoms with E-state index < -0.39 is 0 Å². The standard InChI is InChI=1S/C18H20N4S2/c1-13-6-8-14(9-7-13)17-19-18(23)22(20-17)12-21-10-2-4-15(21)16-5-3-11-24-16/h3,5-9,11,15H,2,4,10,12H2,1H3,(H,19,20,23)/p+1/t15-/m0/s1. The molecule has 3 heterocycles. The number of aromatic nitrogens is 3. The van der Waals surface area contributed by atoms with Crippen LogP contribution in [0.2, 0.25) is 0 Å². The van der Waals surface area contributed by atoms with Gasteiger partial charge >= 0.3 is 0 Å². The highest BCUT2D eigenvalue weighted by Crippen LogP contribution is 2.23. The maximum absolute atomic E-state index is 5.48. The lowest BCUT2D eigenvalue weighted by molar-refractivity contribution is -0.941. The van der Waals surface area contributed by atoms with Gasteiger partial charge in [-0.3, -0.25) is 5.10 Å². The summed E-state index contributed by atoms with van der Waals surface area (Å²) < 4.78 is 2.65. The molecule has 0 spiro atoms. The van der Waals surface area contributed by atoms with Gasteiger partial charge in [0.05, 0.1) is 11.4 Å². The van der Waals surface area contributed by atoms with Crippen molar-refractivity contribution in [3.8, 4) is 11.4 Å². The normalized spacial score (nSPS) is 20.5. The Morgan fingerprint density at radius 2 is 2.17 bits per heavy atom. The molecule has 1 unspecified atom stereocenters. The highest BCUT2D eigenvalue weighted by atomic mass is 32.1. The summed E-state index contributed by atoms with van der Waals surface area (Å²) in [7, 11) is 0. The van der Waals surface area contributed by atoms with E-state index in [1.807, 2.05) is 16.0 Å². The number of thiophene rings is 1. The number of benzene rings is 1. The topological polar surface area (TPSA) is 38.0 Å². The zero-order chi connectivity index (χ0) is 16.5. The molecule has 1 aliphatic rings. The summed E-state index contributed by atoms with van der Waals surface area (Å²) in [5.74, 6) is 0.853. The van der Waals surface area contributed by atoms with Gasteiger partial charge in [0.2, 0.25) is 4.77 Å². The molecule has 1 fully saturated rings. The molecule has 4 nitrogen and oxygen atoms in total. The van der Waals surface area contributed by atoms with Crippen molar-refractivity contribution in [3.05, 3.63) is 57.0 Å². The molecule has 4 rings (SSSR count). The minimum absolute atomic E-state index is 0.582. The third kappa shape index (κ3) is 3.09. The first-order valence-electron chi connectivity index (χ1n) is 8.32. The second kappa shape index (κ2) is 6.63. The molecule has 0 aliphatic carbocycles. The average Bonchev–Trinajstić information content (AvgIpc) is 3.30. The molecule has 3 aromatic rings. The summed E-state index contributed by atoms with van der Waals surface area (Å²) in [4.78, 5) is 7.59. The maximum atomic E-state index is 5.48. The molecular weight excluding hydrogens is 336 g/mol. The lowest BCUT2D eigenvalue weighted by atomic mass is 10.1. The van der Waals surface area contributed by atoms with Gasteiger partial charge in [0.1, 0.15) is 6.04 Å². The largest absolute Gasteiger partial charge is 0.309 e. The van der Waals surface area contributed by atoms with Crippen molar-refractivity contribution in [2.75, 3.05) is 6.54 Å². The molecule has 124 valence electrons. The van der Waals surface area contributed by atoms with Crippen LogP contribution in [0.25, 0.3) is 11.4 Å². The van der Waals surface area contributed by atoms with Crippen molar-refractivity contribution in [1.82, 2.24) is 14.8 Å². The lowest BCUT2D eigenvalue weighted by Crippen LogP contribution is -3.09. The van der Waals surface area contributed by atoms with E-state index in [0.29, 0.717) is 10.8 Å². The second-order valence-electron chi connectivity index (χ2n) is 6.43. The van der Waals surface area contributed by atoms with Gasteiger partial charge in [-0.2, -0.15) is 4.98 Å². The van der Waals surface area contributed by atoms with Crippen molar-refractivity contribution in [1.29, 1.82) is 0 Å². The quantitative estimate of drug-likeness (QED) is 0.703. The van der Waals surface area contributed by atoms with E-state index >= 15 is 0 Å². The summed E-state index contributed by atoms with van der Waals surface area (Å²) >= 11 is 7.34. The van der Waals surface area contributed by atoms with Crippen LogP contribution in [0.4, 0.5) is 0 Å². The van der Waals surface area contributed by atoms with Gasteiger partial charge in [0.15, 0.2) is 12.5 Å². The number of nitrogens with one attached hydrogen (secondary N) is 2. The lowest BCUT2D eigenvalue weighted by Gasteiger charge is -2.20. The Morgan fingerprint density at radius 1 is 1.33 bits per heavy atom. The molecule has 6 heteroatoms. The van der Waals surface area contributed by atoms with Gasteiger partial charge in [-0.1, -0.05) is 35.9 Å². The van der Waals surface area contributed by atoms with Crippen LogP contribution in [-0.4, -0.2) is 21.3 Å². The minimum Gasteiger partial charge on any atom is -0.309 e. The number of likely N-dealkylation sites (tertiary alicyclic amines) is 1. The Bertz CT molecular complexity index is 861. The Labute approximate surface area is 150 Å². The summed E-state index contributed by atoms with van der Waals surface area (Å²) in [6, 6.07) is 13.4. The van der Waals surface area contributed by atoms with E-state index in [2.05, 4.69) is 58.8 Å². The van der Waals surface area contributed by atoms with E-state index in [9.17, 15) is 0 Å². The van der Waals surface area contributed by atoms with Gasteiger partial charge in [-0.25, -0.2) is 4.68 Å². The van der Waals surface area contributed by atoms with Crippen LogP contribution in [0.5, 0.6) is 0 Å². The highest BCUT2D eigenvalue weighted by molar-refractivity contribution is 7.71. The van der Waals surface area contributed by atoms with E-state index in [4.69, 9.17) is 12.2 Å². The van der Waals surface area contributed by atoms with E-state index in [1.54, 1.807) is 4.90 Å². The molecule has 1 aromatic carbocycles. The van der Waals surface area contributed by atoms with Crippen LogP contribution in [0.15, 0.2) is 41.8 Å². The average molecular weight is 358 g/mol. The maximum Gasteiger partial charge on any atom is 0.221 e. The third-order valence-electron chi connectivity index (χ3n) is 4.74. The molecule has 2 atom stereocenters. The summed E-state index contributed by atoms with van der Waals surface area (Å²) in [5.41, 5.74) is 2.33. The Morgan fingerprint density at radius 3 is 2.92 bits per heavy atom. The van der Waals surface area contributed by atoms with Crippen LogP contribution in [0.1, 0.15) is 29.3 Å². The van der Waals surface area contributed by atoms with Crippen molar-refractivity contribution in [2.24, 2.45) is 0 Å². The molecule has 0 saturated carbocycles. The number of aromatic amines is 1. The number of aryl methyl sites for hydroxylation is 1. The van der Waals surface area contributed by atoms with E-state index in [0.717, 1.165) is 18.1 Å². The molecule has 0 radical (unpaired) electrons. The number of H-pyrrole nitrogens is 1. The monoisotopic (exact) mass is 357 g/mol. The molecular formula is C18H21N4S2+. The molecule has 24 heavy (non-hydrogen) atoms. The molecule has 1 saturated heterocycles. The predicted molar refractivity (Wildman–Crippen MR) is 99.7 cm³/mol. The Kier molecular flexibility index (Phi) is 4.35. The molecule has 2 N–H and O–H groups in total. The number of rotatable bonds is 4. The summed E-state index contributed by atoms with van der Waals surface area (Å²) in [6.07, 6.45) is 2.52. The summed E-state index contributed by atoms with van der Waals surface area (Å²) in [6.45, 7) is 4.12. The van der Waals surface area contributed by atoms with Crippen LogP contribution >= 0.6 is 23.6 Å². The third-order valence-corrected chi connectivity index (χ3v) is 6.03. The van der Waals surface area contributed by atoms with E-state index in [1.165, 1.54) is 29.8 Å². The number of hydrogen-bond acceptors (Lipinski definition) is 3. The van der Waals surface area contributed by atoms with Crippen molar-refractivity contribution in [2.45, 2.75) is 32.5 Å². The minimum atomic E-state index is 0.582. The summed E-state index contributed by atoms with van der Waals surface area (Å²) in [5, 5.41) is 5.56. The number of quaternary nitrogens is 1. The predicted octanol–water partition coefficient (Wildman–Crippen LogP) is 3.36. The molecule has 0 bridgehead atoms.